The molecule has 1 heterocycles. The summed E-state index contributed by atoms with van der Waals surface area (Å²) in [6.07, 6.45) is 0. The van der Waals surface area contributed by atoms with E-state index in [1.54, 1.807) is 16.7 Å². The third kappa shape index (κ3) is 1.87. The van der Waals surface area contributed by atoms with Crippen LogP contribution in [0.2, 0.25) is 5.02 Å². The molecule has 0 aliphatic carbocycles. The number of imidazole rings is 1. The van der Waals surface area contributed by atoms with Gasteiger partial charge in [-0.05, 0) is 12.1 Å². The van der Waals surface area contributed by atoms with Crippen LogP contribution in [0.1, 0.15) is 0 Å². The van der Waals surface area contributed by atoms with Crippen LogP contribution in [0.15, 0.2) is 36.4 Å². The minimum Gasteiger partial charge on any atom is -0.494 e. The number of nitrogen functional groups attached to an aromatic ring is 1. The van der Waals surface area contributed by atoms with E-state index in [1.807, 2.05) is 18.2 Å². The Morgan fingerprint density at radius 1 is 1.30 bits per heavy atom. The first-order valence-electron chi connectivity index (χ1n) is 5.88. The van der Waals surface area contributed by atoms with Crippen LogP contribution in [0.5, 0.6) is 5.75 Å². The third-order valence-electron chi connectivity index (χ3n) is 3.05. The van der Waals surface area contributed by atoms with Gasteiger partial charge in [-0.25, -0.2) is 9.37 Å². The summed E-state index contributed by atoms with van der Waals surface area (Å²) in [6, 6.07) is 10.1. The normalized spacial score (nSPS) is 10.9. The average molecular weight is 292 g/mol. The number of rotatable bonds is 2. The maximum atomic E-state index is 13.7. The van der Waals surface area contributed by atoms with Gasteiger partial charge in [0.2, 0.25) is 5.95 Å². The van der Waals surface area contributed by atoms with Crippen LogP contribution in [0.4, 0.5) is 10.3 Å². The molecule has 0 unspecified atom stereocenters. The van der Waals surface area contributed by atoms with Crippen LogP contribution in [0, 0.1) is 5.82 Å². The van der Waals surface area contributed by atoms with E-state index >= 15 is 0 Å². The Balaban J connectivity index is 2.36. The van der Waals surface area contributed by atoms with Gasteiger partial charge in [0.15, 0.2) is 11.6 Å². The zero-order chi connectivity index (χ0) is 14.3. The summed E-state index contributed by atoms with van der Waals surface area (Å²) < 4.78 is 20.4. The third-order valence-corrected chi connectivity index (χ3v) is 3.37. The lowest BCUT2D eigenvalue weighted by molar-refractivity contribution is 0.387. The van der Waals surface area contributed by atoms with Crippen molar-refractivity contribution in [3.05, 3.63) is 47.2 Å². The number of nitrogens with two attached hydrogens (primary N) is 1. The Morgan fingerprint density at radius 3 is 2.75 bits per heavy atom. The molecule has 0 fully saturated rings. The number of aromatic nitrogens is 2. The van der Waals surface area contributed by atoms with Crippen LogP contribution < -0.4 is 10.5 Å². The van der Waals surface area contributed by atoms with Gasteiger partial charge in [0.25, 0.3) is 0 Å². The van der Waals surface area contributed by atoms with E-state index in [4.69, 9.17) is 22.1 Å². The van der Waals surface area contributed by atoms with Crippen molar-refractivity contribution in [1.29, 1.82) is 0 Å². The predicted octanol–water partition coefficient (Wildman–Crippen LogP) is 3.41. The number of methoxy groups -OCH3 is 1. The summed E-state index contributed by atoms with van der Waals surface area (Å²) in [6.45, 7) is 0. The number of benzene rings is 2. The molecule has 0 saturated carbocycles. The van der Waals surface area contributed by atoms with Gasteiger partial charge in [-0.15, -0.1) is 0 Å². The van der Waals surface area contributed by atoms with E-state index in [9.17, 15) is 4.39 Å². The SMILES string of the molecule is COc1cc2c(cc1F)nc(N)n2-c1ccccc1Cl. The molecule has 0 saturated heterocycles. The molecule has 0 bridgehead atoms. The molecule has 3 aromatic rings. The van der Waals surface area contributed by atoms with Gasteiger partial charge >= 0.3 is 0 Å². The number of ether oxygens (including phenoxy) is 1. The number of fused-ring (bicyclic) bond motifs is 1. The summed E-state index contributed by atoms with van der Waals surface area (Å²) in [4.78, 5) is 4.15. The van der Waals surface area contributed by atoms with Crippen molar-refractivity contribution in [2.45, 2.75) is 0 Å². The molecule has 0 spiro atoms. The first kappa shape index (κ1) is 12.7. The van der Waals surface area contributed by atoms with Gasteiger partial charge in [0, 0.05) is 12.1 Å². The number of halogens is 2. The minimum atomic E-state index is -0.483. The molecule has 0 radical (unpaired) electrons. The largest absolute Gasteiger partial charge is 0.494 e. The maximum Gasteiger partial charge on any atom is 0.205 e. The highest BCUT2D eigenvalue weighted by Gasteiger charge is 2.15. The lowest BCUT2D eigenvalue weighted by atomic mass is 10.2. The number of anilines is 1. The lowest BCUT2D eigenvalue weighted by Crippen LogP contribution is -2.01. The lowest BCUT2D eigenvalue weighted by Gasteiger charge is -2.09. The van der Waals surface area contributed by atoms with Crippen LogP contribution in [-0.4, -0.2) is 16.7 Å². The molecule has 2 N–H and O–H groups in total. The quantitative estimate of drug-likeness (QED) is 0.787. The molecule has 0 aliphatic rings. The zero-order valence-corrected chi connectivity index (χ0v) is 11.4. The first-order valence-corrected chi connectivity index (χ1v) is 6.26. The average Bonchev–Trinajstić information content (AvgIpc) is 2.73. The fourth-order valence-corrected chi connectivity index (χ4v) is 2.36. The smallest absolute Gasteiger partial charge is 0.205 e. The zero-order valence-electron chi connectivity index (χ0n) is 10.6. The molecule has 4 nitrogen and oxygen atoms in total. The van der Waals surface area contributed by atoms with Crippen LogP contribution in [0.25, 0.3) is 16.7 Å². The second-order valence-electron chi connectivity index (χ2n) is 4.23. The van der Waals surface area contributed by atoms with Gasteiger partial charge in [-0.3, -0.25) is 4.57 Å². The minimum absolute atomic E-state index is 0.130. The van der Waals surface area contributed by atoms with Crippen molar-refractivity contribution in [3.8, 4) is 11.4 Å². The predicted molar refractivity (Wildman–Crippen MR) is 77.0 cm³/mol. The van der Waals surface area contributed by atoms with E-state index < -0.39 is 5.82 Å². The second-order valence-corrected chi connectivity index (χ2v) is 4.64. The molecular weight excluding hydrogens is 281 g/mol. The molecule has 6 heteroatoms. The Bertz CT molecular complexity index is 800. The monoisotopic (exact) mass is 291 g/mol. The van der Waals surface area contributed by atoms with Gasteiger partial charge in [-0.1, -0.05) is 23.7 Å². The van der Waals surface area contributed by atoms with E-state index in [0.29, 0.717) is 21.7 Å². The Labute approximate surface area is 119 Å². The molecule has 102 valence electrons. The molecule has 0 atom stereocenters. The van der Waals surface area contributed by atoms with Crippen molar-refractivity contribution in [1.82, 2.24) is 9.55 Å². The summed E-state index contributed by atoms with van der Waals surface area (Å²) in [7, 11) is 1.41. The van der Waals surface area contributed by atoms with Crippen LogP contribution in [0.3, 0.4) is 0 Å². The highest BCUT2D eigenvalue weighted by atomic mass is 35.5. The van der Waals surface area contributed by atoms with E-state index in [0.717, 1.165) is 0 Å². The fraction of sp³-hybridized carbons (Fsp3) is 0.0714. The van der Waals surface area contributed by atoms with Gasteiger partial charge in [0.1, 0.15) is 0 Å². The Morgan fingerprint density at radius 2 is 2.05 bits per heavy atom. The standard InChI is InChI=1S/C14H11ClFN3O/c1-20-13-7-12-10(6-9(13)16)18-14(17)19(12)11-5-3-2-4-8(11)15/h2-7H,1H3,(H2,17,18). The molecule has 20 heavy (non-hydrogen) atoms. The van der Waals surface area contributed by atoms with Crippen LogP contribution in [-0.2, 0) is 0 Å². The molecular formula is C14H11ClFN3O. The topological polar surface area (TPSA) is 53.1 Å². The first-order chi connectivity index (χ1) is 9.61. The van der Waals surface area contributed by atoms with E-state index in [-0.39, 0.29) is 11.7 Å². The Kier molecular flexibility index (Phi) is 2.99. The second kappa shape index (κ2) is 4.68. The van der Waals surface area contributed by atoms with Crippen molar-refractivity contribution < 1.29 is 9.13 Å². The highest BCUT2D eigenvalue weighted by molar-refractivity contribution is 6.32. The number of para-hydroxylation sites is 1. The molecule has 0 amide bonds. The number of hydrogen-bond acceptors (Lipinski definition) is 3. The maximum absolute atomic E-state index is 13.7. The summed E-state index contributed by atoms with van der Waals surface area (Å²) in [5.74, 6) is -0.115. The Hall–Kier alpha value is -2.27. The fourth-order valence-electron chi connectivity index (χ4n) is 2.14. The summed E-state index contributed by atoms with van der Waals surface area (Å²) in [5, 5.41) is 0.529. The summed E-state index contributed by atoms with van der Waals surface area (Å²) >= 11 is 6.18. The van der Waals surface area contributed by atoms with Gasteiger partial charge < -0.3 is 10.5 Å². The molecule has 3 rings (SSSR count). The summed E-state index contributed by atoms with van der Waals surface area (Å²) in [5.41, 5.74) is 7.69. The van der Waals surface area contributed by atoms with Crippen molar-refractivity contribution in [2.24, 2.45) is 0 Å². The highest BCUT2D eigenvalue weighted by Crippen LogP contribution is 2.31. The molecule has 1 aromatic heterocycles. The molecule has 2 aromatic carbocycles. The molecule has 0 aliphatic heterocycles. The van der Waals surface area contributed by atoms with Crippen molar-refractivity contribution >= 4 is 28.6 Å². The van der Waals surface area contributed by atoms with Crippen molar-refractivity contribution in [2.75, 3.05) is 12.8 Å². The van der Waals surface area contributed by atoms with Crippen molar-refractivity contribution in [3.63, 3.8) is 0 Å². The van der Waals surface area contributed by atoms with E-state index in [2.05, 4.69) is 4.98 Å². The van der Waals surface area contributed by atoms with Gasteiger partial charge in [0.05, 0.1) is 28.9 Å². The van der Waals surface area contributed by atoms with E-state index in [1.165, 1.54) is 13.2 Å². The van der Waals surface area contributed by atoms with Gasteiger partial charge in [-0.2, -0.15) is 0 Å². The number of nitrogens with zero attached hydrogens (tertiary/aromatic N) is 2. The number of hydrogen-bond donors (Lipinski definition) is 1. The van der Waals surface area contributed by atoms with Crippen LogP contribution >= 0.6 is 11.6 Å².